The Labute approximate surface area is 152 Å². The molecule has 2 aromatic carbocycles. The average Bonchev–Trinajstić information content (AvgIpc) is 2.61. The van der Waals surface area contributed by atoms with Crippen LogP contribution < -0.4 is 10.6 Å². The van der Waals surface area contributed by atoms with Gasteiger partial charge in [-0.3, -0.25) is 4.79 Å². The maximum absolute atomic E-state index is 12.0. The highest BCUT2D eigenvalue weighted by molar-refractivity contribution is 6.30. The molecule has 0 unspecified atom stereocenters. The van der Waals surface area contributed by atoms with Crippen molar-refractivity contribution in [3.63, 3.8) is 0 Å². The number of amides is 1. The second kappa shape index (κ2) is 9.20. The lowest BCUT2D eigenvalue weighted by molar-refractivity contribution is -0.115. The average molecular weight is 361 g/mol. The molecule has 5 nitrogen and oxygen atoms in total. The van der Waals surface area contributed by atoms with Crippen molar-refractivity contribution in [2.45, 2.75) is 19.9 Å². The largest absolute Gasteiger partial charge is 0.462 e. The van der Waals surface area contributed by atoms with E-state index in [1.807, 2.05) is 31.2 Å². The summed E-state index contributed by atoms with van der Waals surface area (Å²) in [6.45, 7) is 4.23. The number of hydrogen-bond acceptors (Lipinski definition) is 4. The van der Waals surface area contributed by atoms with Crippen molar-refractivity contribution < 1.29 is 14.3 Å². The molecule has 6 heteroatoms. The number of nitrogens with one attached hydrogen (secondary N) is 2. The van der Waals surface area contributed by atoms with Gasteiger partial charge >= 0.3 is 5.97 Å². The molecular weight excluding hydrogens is 340 g/mol. The van der Waals surface area contributed by atoms with Gasteiger partial charge in [0.15, 0.2) is 0 Å². The maximum Gasteiger partial charge on any atom is 0.338 e. The molecule has 0 saturated heterocycles. The fourth-order valence-corrected chi connectivity index (χ4v) is 2.35. The van der Waals surface area contributed by atoms with E-state index < -0.39 is 0 Å². The van der Waals surface area contributed by atoms with E-state index in [1.54, 1.807) is 31.2 Å². The van der Waals surface area contributed by atoms with Crippen molar-refractivity contribution in [1.29, 1.82) is 0 Å². The quantitative estimate of drug-likeness (QED) is 0.737. The van der Waals surface area contributed by atoms with Crippen LogP contribution in [-0.2, 0) is 9.53 Å². The number of rotatable bonds is 7. The number of esters is 1. The van der Waals surface area contributed by atoms with Gasteiger partial charge in [0.1, 0.15) is 0 Å². The number of halogens is 1. The lowest BCUT2D eigenvalue weighted by atomic mass is 10.1. The van der Waals surface area contributed by atoms with Gasteiger partial charge in [-0.2, -0.15) is 0 Å². The summed E-state index contributed by atoms with van der Waals surface area (Å²) in [7, 11) is 0. The number of carbonyl (C=O) groups is 2. The molecule has 0 radical (unpaired) electrons. The first-order valence-electron chi connectivity index (χ1n) is 8.05. The van der Waals surface area contributed by atoms with Gasteiger partial charge in [0.25, 0.3) is 0 Å². The number of ether oxygens (including phenoxy) is 1. The third-order valence-electron chi connectivity index (χ3n) is 3.62. The van der Waals surface area contributed by atoms with Gasteiger partial charge in [0.05, 0.1) is 18.7 Å². The summed E-state index contributed by atoms with van der Waals surface area (Å²) in [5.74, 6) is -0.538. The Morgan fingerprint density at radius 1 is 1.08 bits per heavy atom. The van der Waals surface area contributed by atoms with Crippen LogP contribution in [0.1, 0.15) is 35.8 Å². The zero-order valence-electron chi connectivity index (χ0n) is 14.2. The smallest absolute Gasteiger partial charge is 0.338 e. The molecule has 25 heavy (non-hydrogen) atoms. The highest BCUT2D eigenvalue weighted by Gasteiger charge is 2.09. The molecular formula is C19H21ClN2O3. The van der Waals surface area contributed by atoms with E-state index in [4.69, 9.17) is 16.3 Å². The Kier molecular flexibility index (Phi) is 6.98. The zero-order chi connectivity index (χ0) is 18.2. The summed E-state index contributed by atoms with van der Waals surface area (Å²) in [6.07, 6.45) is 0. The summed E-state index contributed by atoms with van der Waals surface area (Å²) in [6, 6.07) is 14.1. The number of hydrogen-bond donors (Lipinski definition) is 2. The first-order chi connectivity index (χ1) is 12.0. The topological polar surface area (TPSA) is 67.4 Å². The summed E-state index contributed by atoms with van der Waals surface area (Å²) in [4.78, 5) is 23.6. The van der Waals surface area contributed by atoms with E-state index in [2.05, 4.69) is 10.6 Å². The van der Waals surface area contributed by atoms with Crippen LogP contribution in [-0.4, -0.2) is 25.0 Å². The normalized spacial score (nSPS) is 11.6. The Morgan fingerprint density at radius 2 is 1.72 bits per heavy atom. The minimum absolute atomic E-state index is 0.0224. The highest BCUT2D eigenvalue weighted by atomic mass is 35.5. The van der Waals surface area contributed by atoms with Gasteiger partial charge in [-0.15, -0.1) is 0 Å². The van der Waals surface area contributed by atoms with Gasteiger partial charge in [-0.25, -0.2) is 4.79 Å². The summed E-state index contributed by atoms with van der Waals surface area (Å²) in [5.41, 5.74) is 2.13. The molecule has 1 atom stereocenters. The van der Waals surface area contributed by atoms with E-state index in [1.165, 1.54) is 0 Å². The van der Waals surface area contributed by atoms with Crippen LogP contribution in [0.5, 0.6) is 0 Å². The lowest BCUT2D eigenvalue weighted by Gasteiger charge is -2.14. The molecule has 132 valence electrons. The predicted molar refractivity (Wildman–Crippen MR) is 98.9 cm³/mol. The Balaban J connectivity index is 1.83. The molecule has 0 aliphatic carbocycles. The van der Waals surface area contributed by atoms with Crippen molar-refractivity contribution in [3.8, 4) is 0 Å². The fraction of sp³-hybridized carbons (Fsp3) is 0.263. The van der Waals surface area contributed by atoms with Gasteiger partial charge < -0.3 is 15.4 Å². The fourth-order valence-electron chi connectivity index (χ4n) is 2.22. The van der Waals surface area contributed by atoms with Crippen molar-refractivity contribution in [2.75, 3.05) is 18.5 Å². The zero-order valence-corrected chi connectivity index (χ0v) is 15.0. The number of carbonyl (C=O) groups excluding carboxylic acids is 2. The summed E-state index contributed by atoms with van der Waals surface area (Å²) < 4.78 is 4.92. The molecule has 0 spiro atoms. The molecule has 0 heterocycles. The van der Waals surface area contributed by atoms with E-state index in [9.17, 15) is 9.59 Å². The van der Waals surface area contributed by atoms with Crippen LogP contribution in [0.2, 0.25) is 5.02 Å². The number of anilines is 1. The van der Waals surface area contributed by atoms with Crippen molar-refractivity contribution >= 4 is 29.2 Å². The first-order valence-corrected chi connectivity index (χ1v) is 8.43. The van der Waals surface area contributed by atoms with Crippen LogP contribution in [0.25, 0.3) is 0 Å². The highest BCUT2D eigenvalue weighted by Crippen LogP contribution is 2.16. The molecule has 0 fully saturated rings. The van der Waals surface area contributed by atoms with E-state index >= 15 is 0 Å². The Bertz CT molecular complexity index is 714. The molecule has 0 aliphatic rings. The van der Waals surface area contributed by atoms with Crippen molar-refractivity contribution in [2.24, 2.45) is 0 Å². The van der Waals surface area contributed by atoms with Crippen molar-refractivity contribution in [1.82, 2.24) is 5.32 Å². The summed E-state index contributed by atoms with van der Waals surface area (Å²) >= 11 is 5.87. The second-order valence-electron chi connectivity index (χ2n) is 5.50. The Hall–Kier alpha value is -2.37. The van der Waals surface area contributed by atoms with Crippen LogP contribution in [0, 0.1) is 0 Å². The van der Waals surface area contributed by atoms with E-state index in [0.29, 0.717) is 22.9 Å². The van der Waals surface area contributed by atoms with Gasteiger partial charge in [-0.05, 0) is 55.8 Å². The minimum atomic E-state index is -0.376. The standard InChI is InChI=1S/C19H21ClN2O3/c1-3-25-19(24)15-6-10-17(11-7-15)22-18(23)12-21-13(2)14-4-8-16(20)9-5-14/h4-11,13,21H,3,12H2,1-2H3,(H,22,23)/t13-/m0/s1. The molecule has 2 N–H and O–H groups in total. The van der Waals surface area contributed by atoms with Crippen LogP contribution in [0.15, 0.2) is 48.5 Å². The molecule has 2 rings (SSSR count). The lowest BCUT2D eigenvalue weighted by Crippen LogP contribution is -2.30. The van der Waals surface area contributed by atoms with E-state index in [0.717, 1.165) is 5.56 Å². The predicted octanol–water partition coefficient (Wildman–Crippen LogP) is 3.81. The molecule has 0 bridgehead atoms. The van der Waals surface area contributed by atoms with Crippen LogP contribution >= 0.6 is 11.6 Å². The minimum Gasteiger partial charge on any atom is -0.462 e. The SMILES string of the molecule is CCOC(=O)c1ccc(NC(=O)CN[C@@H](C)c2ccc(Cl)cc2)cc1. The first kappa shape index (κ1) is 19.0. The molecule has 1 amide bonds. The van der Waals surface area contributed by atoms with Gasteiger partial charge in [-0.1, -0.05) is 23.7 Å². The maximum atomic E-state index is 12.0. The van der Waals surface area contributed by atoms with Crippen LogP contribution in [0.3, 0.4) is 0 Å². The molecule has 0 saturated carbocycles. The molecule has 2 aromatic rings. The van der Waals surface area contributed by atoms with Gasteiger partial charge in [0.2, 0.25) is 5.91 Å². The molecule has 0 aromatic heterocycles. The third kappa shape index (κ3) is 5.89. The van der Waals surface area contributed by atoms with Crippen molar-refractivity contribution in [3.05, 3.63) is 64.7 Å². The second-order valence-corrected chi connectivity index (χ2v) is 5.94. The monoisotopic (exact) mass is 360 g/mol. The third-order valence-corrected chi connectivity index (χ3v) is 3.87. The van der Waals surface area contributed by atoms with Gasteiger partial charge in [0, 0.05) is 16.8 Å². The van der Waals surface area contributed by atoms with E-state index in [-0.39, 0.29) is 24.5 Å². The number of benzene rings is 2. The van der Waals surface area contributed by atoms with Crippen LogP contribution in [0.4, 0.5) is 5.69 Å². The molecule has 0 aliphatic heterocycles. The Morgan fingerprint density at radius 3 is 2.32 bits per heavy atom. The summed E-state index contributed by atoms with van der Waals surface area (Å²) in [5, 5.41) is 6.62.